The molecule has 0 saturated heterocycles. The fraction of sp³-hybridized carbons (Fsp3) is 0.529. The Kier molecular flexibility index (Phi) is 6.09. The summed E-state index contributed by atoms with van der Waals surface area (Å²) in [6.45, 7) is 11.0. The first-order chi connectivity index (χ1) is 9.07. The monoisotopic (exact) mass is 294 g/mol. The van der Waals surface area contributed by atoms with Gasteiger partial charge in [-0.05, 0) is 38.3 Å². The van der Waals surface area contributed by atoms with E-state index in [0.717, 1.165) is 19.5 Å². The van der Waals surface area contributed by atoms with Crippen LogP contribution in [-0.4, -0.2) is 10.1 Å². The SMILES string of the molecule is CCCn1cc(CNC(C)(C)CC)c2ccccc21.Cl. The van der Waals surface area contributed by atoms with Crippen molar-refractivity contribution >= 4 is 23.3 Å². The first kappa shape index (κ1) is 17.1. The molecule has 2 rings (SSSR count). The molecular formula is C17H27ClN2. The average molecular weight is 295 g/mol. The third-order valence-corrected chi connectivity index (χ3v) is 3.98. The Morgan fingerprint density at radius 2 is 1.85 bits per heavy atom. The van der Waals surface area contributed by atoms with E-state index >= 15 is 0 Å². The van der Waals surface area contributed by atoms with Crippen molar-refractivity contribution in [2.75, 3.05) is 0 Å². The van der Waals surface area contributed by atoms with Gasteiger partial charge in [-0.2, -0.15) is 0 Å². The quantitative estimate of drug-likeness (QED) is 0.813. The topological polar surface area (TPSA) is 17.0 Å². The van der Waals surface area contributed by atoms with Gasteiger partial charge in [0.15, 0.2) is 0 Å². The van der Waals surface area contributed by atoms with Gasteiger partial charge in [0.1, 0.15) is 0 Å². The molecule has 112 valence electrons. The lowest BCUT2D eigenvalue weighted by molar-refractivity contribution is 0.375. The van der Waals surface area contributed by atoms with Crippen LogP contribution in [0.15, 0.2) is 30.5 Å². The number of para-hydroxylation sites is 1. The van der Waals surface area contributed by atoms with Crippen molar-refractivity contribution in [3.63, 3.8) is 0 Å². The van der Waals surface area contributed by atoms with Gasteiger partial charge in [-0.3, -0.25) is 0 Å². The van der Waals surface area contributed by atoms with Gasteiger partial charge < -0.3 is 9.88 Å². The van der Waals surface area contributed by atoms with E-state index in [2.05, 4.69) is 68.0 Å². The molecule has 0 spiro atoms. The van der Waals surface area contributed by atoms with Gasteiger partial charge in [0.2, 0.25) is 0 Å². The summed E-state index contributed by atoms with van der Waals surface area (Å²) in [7, 11) is 0. The average Bonchev–Trinajstić information content (AvgIpc) is 2.76. The molecule has 0 saturated carbocycles. The van der Waals surface area contributed by atoms with Gasteiger partial charge in [0, 0.05) is 35.7 Å². The number of hydrogen-bond acceptors (Lipinski definition) is 1. The van der Waals surface area contributed by atoms with Gasteiger partial charge >= 0.3 is 0 Å². The maximum absolute atomic E-state index is 3.66. The van der Waals surface area contributed by atoms with Crippen molar-refractivity contribution in [2.45, 2.75) is 59.2 Å². The Balaban J connectivity index is 0.00000200. The molecule has 0 aliphatic heterocycles. The van der Waals surface area contributed by atoms with E-state index in [4.69, 9.17) is 0 Å². The maximum Gasteiger partial charge on any atom is 0.0483 e. The van der Waals surface area contributed by atoms with Gasteiger partial charge in [-0.25, -0.2) is 0 Å². The summed E-state index contributed by atoms with van der Waals surface area (Å²) in [6, 6.07) is 8.71. The highest BCUT2D eigenvalue weighted by Crippen LogP contribution is 2.22. The zero-order chi connectivity index (χ0) is 13.9. The summed E-state index contributed by atoms with van der Waals surface area (Å²) in [5, 5.41) is 5.04. The summed E-state index contributed by atoms with van der Waals surface area (Å²) < 4.78 is 2.38. The molecule has 1 aromatic heterocycles. The molecule has 2 aromatic rings. The minimum Gasteiger partial charge on any atom is -0.347 e. The molecule has 0 fully saturated rings. The van der Waals surface area contributed by atoms with Crippen LogP contribution in [0.2, 0.25) is 0 Å². The van der Waals surface area contributed by atoms with Gasteiger partial charge in [0.25, 0.3) is 0 Å². The molecule has 0 radical (unpaired) electrons. The molecule has 3 heteroatoms. The number of halogens is 1. The first-order valence-electron chi connectivity index (χ1n) is 7.39. The molecule has 1 aromatic carbocycles. The number of aromatic nitrogens is 1. The van der Waals surface area contributed by atoms with Crippen LogP contribution in [0.5, 0.6) is 0 Å². The second-order valence-electron chi connectivity index (χ2n) is 5.96. The van der Waals surface area contributed by atoms with E-state index in [1.165, 1.54) is 22.9 Å². The third-order valence-electron chi connectivity index (χ3n) is 3.98. The lowest BCUT2D eigenvalue weighted by atomic mass is 10.0. The van der Waals surface area contributed by atoms with Crippen LogP contribution in [0.1, 0.15) is 46.1 Å². The van der Waals surface area contributed by atoms with Crippen LogP contribution < -0.4 is 5.32 Å². The number of benzene rings is 1. The molecule has 1 N–H and O–H groups in total. The van der Waals surface area contributed by atoms with Crippen LogP contribution in [-0.2, 0) is 13.1 Å². The van der Waals surface area contributed by atoms with Crippen molar-refractivity contribution in [1.82, 2.24) is 9.88 Å². The fourth-order valence-corrected chi connectivity index (χ4v) is 2.35. The minimum atomic E-state index is 0. The van der Waals surface area contributed by atoms with Crippen molar-refractivity contribution < 1.29 is 0 Å². The van der Waals surface area contributed by atoms with Crippen LogP contribution >= 0.6 is 12.4 Å². The molecule has 0 aliphatic rings. The number of nitrogens with one attached hydrogen (secondary N) is 1. The lowest BCUT2D eigenvalue weighted by Gasteiger charge is -2.24. The van der Waals surface area contributed by atoms with E-state index in [0.29, 0.717) is 0 Å². The van der Waals surface area contributed by atoms with Gasteiger partial charge in [0.05, 0.1) is 0 Å². The Hall–Kier alpha value is -0.990. The molecule has 0 aliphatic carbocycles. The second kappa shape index (κ2) is 7.14. The Bertz CT molecular complexity index is 543. The number of fused-ring (bicyclic) bond motifs is 1. The number of nitrogens with zero attached hydrogens (tertiary/aromatic N) is 1. The molecule has 2 nitrogen and oxygen atoms in total. The number of rotatable bonds is 6. The highest BCUT2D eigenvalue weighted by Gasteiger charge is 2.15. The Morgan fingerprint density at radius 1 is 1.15 bits per heavy atom. The Morgan fingerprint density at radius 3 is 2.50 bits per heavy atom. The maximum atomic E-state index is 3.66. The Labute approximate surface area is 129 Å². The predicted molar refractivity (Wildman–Crippen MR) is 90.7 cm³/mol. The smallest absolute Gasteiger partial charge is 0.0483 e. The zero-order valence-electron chi connectivity index (χ0n) is 13.1. The summed E-state index contributed by atoms with van der Waals surface area (Å²) in [5.41, 5.74) is 2.97. The standard InChI is InChI=1S/C17H26N2.ClH/c1-5-11-19-13-14(12-18-17(3,4)6-2)15-9-7-8-10-16(15)19;/h7-10,13,18H,5-6,11-12H2,1-4H3;1H. The minimum absolute atomic E-state index is 0. The molecule has 0 bridgehead atoms. The van der Waals surface area contributed by atoms with Crippen LogP contribution in [0.4, 0.5) is 0 Å². The summed E-state index contributed by atoms with van der Waals surface area (Å²) >= 11 is 0. The second-order valence-corrected chi connectivity index (χ2v) is 5.96. The van der Waals surface area contributed by atoms with Gasteiger partial charge in [-0.1, -0.05) is 32.0 Å². The molecule has 0 amide bonds. The van der Waals surface area contributed by atoms with Crippen molar-refractivity contribution in [3.05, 3.63) is 36.0 Å². The van der Waals surface area contributed by atoms with Crippen LogP contribution in [0.25, 0.3) is 10.9 Å². The summed E-state index contributed by atoms with van der Waals surface area (Å²) in [6.07, 6.45) is 4.62. The predicted octanol–water partition coefficient (Wildman–Crippen LogP) is 4.75. The van der Waals surface area contributed by atoms with Crippen molar-refractivity contribution in [3.8, 4) is 0 Å². The molecular weight excluding hydrogens is 268 g/mol. The van der Waals surface area contributed by atoms with Gasteiger partial charge in [-0.15, -0.1) is 12.4 Å². The molecule has 1 heterocycles. The first-order valence-corrected chi connectivity index (χ1v) is 7.39. The summed E-state index contributed by atoms with van der Waals surface area (Å²) in [5.74, 6) is 0. The highest BCUT2D eigenvalue weighted by molar-refractivity contribution is 5.85. The van der Waals surface area contributed by atoms with E-state index in [1.54, 1.807) is 0 Å². The van der Waals surface area contributed by atoms with E-state index < -0.39 is 0 Å². The molecule has 0 unspecified atom stereocenters. The van der Waals surface area contributed by atoms with Crippen LogP contribution in [0.3, 0.4) is 0 Å². The van der Waals surface area contributed by atoms with Crippen molar-refractivity contribution in [1.29, 1.82) is 0 Å². The zero-order valence-corrected chi connectivity index (χ0v) is 13.9. The lowest BCUT2D eigenvalue weighted by Crippen LogP contribution is -2.37. The van der Waals surface area contributed by atoms with E-state index in [9.17, 15) is 0 Å². The van der Waals surface area contributed by atoms with E-state index in [-0.39, 0.29) is 17.9 Å². The normalized spacial score (nSPS) is 11.6. The third kappa shape index (κ3) is 3.77. The summed E-state index contributed by atoms with van der Waals surface area (Å²) in [4.78, 5) is 0. The van der Waals surface area contributed by atoms with Crippen molar-refractivity contribution in [2.24, 2.45) is 0 Å². The fourth-order valence-electron chi connectivity index (χ4n) is 2.35. The molecule has 20 heavy (non-hydrogen) atoms. The molecule has 0 atom stereocenters. The van der Waals surface area contributed by atoms with Crippen LogP contribution in [0, 0.1) is 0 Å². The highest BCUT2D eigenvalue weighted by atomic mass is 35.5. The largest absolute Gasteiger partial charge is 0.347 e. The number of aryl methyl sites for hydroxylation is 1. The number of hydrogen-bond donors (Lipinski definition) is 1. The van der Waals surface area contributed by atoms with E-state index in [1.807, 2.05) is 0 Å².